The van der Waals surface area contributed by atoms with Crippen molar-refractivity contribution in [3.8, 4) is 17.3 Å². The summed E-state index contributed by atoms with van der Waals surface area (Å²) in [7, 11) is 3.64. The second-order valence-electron chi connectivity index (χ2n) is 12.3. The van der Waals surface area contributed by atoms with E-state index in [0.717, 1.165) is 71.0 Å². The van der Waals surface area contributed by atoms with Gasteiger partial charge < -0.3 is 35.6 Å². The van der Waals surface area contributed by atoms with Crippen LogP contribution in [0.5, 0.6) is 5.75 Å². The number of carbonyl (C=O) groups excluding carboxylic acids is 1. The summed E-state index contributed by atoms with van der Waals surface area (Å²) in [6.07, 6.45) is 6.18. The molecule has 4 aromatic heterocycles. The third-order valence-electron chi connectivity index (χ3n) is 9.48. The van der Waals surface area contributed by atoms with Crippen molar-refractivity contribution < 1.29 is 9.53 Å². The molecule has 2 bridgehead atoms. The number of hydrogen-bond acceptors (Lipinski definition) is 8. The number of anilines is 3. The number of carbonyl (C=O) groups is 1. The number of amides is 1. The number of ether oxygens (including phenoxy) is 1. The number of likely N-dealkylation sites (tertiary alicyclic amines) is 1. The number of rotatable bonds is 7. The molecule has 5 N–H and O–H groups in total. The van der Waals surface area contributed by atoms with Crippen LogP contribution >= 0.6 is 0 Å². The van der Waals surface area contributed by atoms with Gasteiger partial charge in [0.25, 0.3) is 5.91 Å². The minimum atomic E-state index is -0.00145. The molecule has 1 saturated heterocycles. The van der Waals surface area contributed by atoms with Crippen LogP contribution in [0.3, 0.4) is 0 Å². The Morgan fingerprint density at radius 2 is 1.95 bits per heavy atom. The molecule has 220 valence electrons. The zero-order valence-electron chi connectivity index (χ0n) is 24.3. The van der Waals surface area contributed by atoms with Crippen molar-refractivity contribution in [1.29, 1.82) is 0 Å². The van der Waals surface area contributed by atoms with Crippen LogP contribution < -0.4 is 21.5 Å². The molecule has 1 aliphatic heterocycles. The van der Waals surface area contributed by atoms with E-state index in [2.05, 4.69) is 31.6 Å². The minimum absolute atomic E-state index is 0.00145. The van der Waals surface area contributed by atoms with E-state index in [1.54, 1.807) is 19.4 Å². The van der Waals surface area contributed by atoms with Gasteiger partial charge in [-0.25, -0.2) is 15.0 Å². The number of pyridine rings is 2. The van der Waals surface area contributed by atoms with Crippen molar-refractivity contribution in [2.45, 2.75) is 44.3 Å². The van der Waals surface area contributed by atoms with Crippen LogP contribution in [0, 0.1) is 11.8 Å². The topological polar surface area (TPSA) is 142 Å². The highest BCUT2D eigenvalue weighted by Crippen LogP contribution is 2.40. The number of methoxy groups -OCH3 is 1. The van der Waals surface area contributed by atoms with Gasteiger partial charge in [-0.3, -0.25) is 4.79 Å². The lowest BCUT2D eigenvalue weighted by atomic mass is 10.1. The number of aryl methyl sites for hydroxylation is 1. The maximum atomic E-state index is 13.7. The van der Waals surface area contributed by atoms with E-state index in [1.165, 1.54) is 12.8 Å². The van der Waals surface area contributed by atoms with Crippen LogP contribution in [0.1, 0.15) is 36.0 Å². The molecular formula is C32H35N9O2. The first-order valence-electron chi connectivity index (χ1n) is 15.0. The molecule has 5 heterocycles. The summed E-state index contributed by atoms with van der Waals surface area (Å²) < 4.78 is 10.2. The predicted octanol–water partition coefficient (Wildman–Crippen LogP) is 4.29. The number of fused-ring (bicyclic) bond motifs is 4. The Bertz CT molecular complexity index is 1890. The summed E-state index contributed by atoms with van der Waals surface area (Å²) >= 11 is 0. The fourth-order valence-electron chi connectivity index (χ4n) is 7.02. The average Bonchev–Trinajstić information content (AvgIpc) is 3.42. The van der Waals surface area contributed by atoms with Crippen molar-refractivity contribution in [1.82, 2.24) is 29.0 Å². The highest BCUT2D eigenvalue weighted by atomic mass is 16.5. The number of piperidine rings is 1. The van der Waals surface area contributed by atoms with Gasteiger partial charge in [-0.2, -0.15) is 0 Å². The van der Waals surface area contributed by atoms with Crippen molar-refractivity contribution in [2.24, 2.45) is 24.6 Å². The highest BCUT2D eigenvalue weighted by Gasteiger charge is 2.47. The molecule has 2 aliphatic carbocycles. The van der Waals surface area contributed by atoms with Gasteiger partial charge in [-0.05, 0) is 80.0 Å². The molecule has 11 heteroatoms. The molecule has 8 rings (SSSR count). The number of nitrogens with one attached hydrogen (secondary N) is 1. The summed E-state index contributed by atoms with van der Waals surface area (Å²) in [6, 6.07) is 13.8. The number of aromatic nitrogens is 5. The second-order valence-corrected chi connectivity index (χ2v) is 12.3. The van der Waals surface area contributed by atoms with Gasteiger partial charge in [0.2, 0.25) is 0 Å². The molecule has 5 aromatic rings. The van der Waals surface area contributed by atoms with Gasteiger partial charge in [0, 0.05) is 43.2 Å². The van der Waals surface area contributed by atoms with Crippen LogP contribution in [0.4, 0.5) is 17.3 Å². The van der Waals surface area contributed by atoms with E-state index in [-0.39, 0.29) is 18.0 Å². The second kappa shape index (κ2) is 9.70. The Morgan fingerprint density at radius 1 is 1.09 bits per heavy atom. The van der Waals surface area contributed by atoms with Gasteiger partial charge in [0.15, 0.2) is 5.82 Å². The number of nitrogen functional groups attached to an aromatic ring is 1. The first-order valence-corrected chi connectivity index (χ1v) is 15.0. The van der Waals surface area contributed by atoms with Crippen LogP contribution in [0.15, 0.2) is 48.7 Å². The monoisotopic (exact) mass is 577 g/mol. The van der Waals surface area contributed by atoms with E-state index < -0.39 is 0 Å². The number of imidazole rings is 1. The van der Waals surface area contributed by atoms with Crippen molar-refractivity contribution >= 4 is 45.3 Å². The van der Waals surface area contributed by atoms with Gasteiger partial charge in [0.05, 0.1) is 30.2 Å². The molecule has 43 heavy (non-hydrogen) atoms. The first-order chi connectivity index (χ1) is 20.9. The molecule has 2 unspecified atom stereocenters. The fraction of sp³-hybridized carbons (Fsp3) is 0.375. The Morgan fingerprint density at radius 3 is 2.65 bits per heavy atom. The van der Waals surface area contributed by atoms with Crippen molar-refractivity contribution in [3.05, 3.63) is 54.2 Å². The Hall–Kier alpha value is -4.64. The van der Waals surface area contributed by atoms with Gasteiger partial charge >= 0.3 is 0 Å². The normalized spacial score (nSPS) is 21.3. The van der Waals surface area contributed by atoms with Crippen LogP contribution in [0.25, 0.3) is 33.6 Å². The summed E-state index contributed by atoms with van der Waals surface area (Å²) in [5, 5.41) is 4.38. The van der Waals surface area contributed by atoms with Gasteiger partial charge in [-0.1, -0.05) is 0 Å². The van der Waals surface area contributed by atoms with Crippen LogP contribution in [-0.2, 0) is 13.6 Å². The van der Waals surface area contributed by atoms with Crippen molar-refractivity contribution in [2.75, 3.05) is 24.7 Å². The van der Waals surface area contributed by atoms with Crippen LogP contribution in [-0.4, -0.2) is 60.6 Å². The average molecular weight is 578 g/mol. The zero-order chi connectivity index (χ0) is 29.4. The fourth-order valence-corrected chi connectivity index (χ4v) is 7.02. The van der Waals surface area contributed by atoms with E-state index in [1.807, 2.05) is 36.2 Å². The van der Waals surface area contributed by atoms with E-state index in [9.17, 15) is 4.79 Å². The molecule has 3 aliphatic rings. The lowest BCUT2D eigenvalue weighted by molar-refractivity contribution is 0.0700. The molecule has 3 atom stereocenters. The minimum Gasteiger partial charge on any atom is -0.494 e. The molecule has 0 spiro atoms. The summed E-state index contributed by atoms with van der Waals surface area (Å²) in [5.41, 5.74) is 17.0. The lowest BCUT2D eigenvalue weighted by Crippen LogP contribution is -2.41. The number of hydrogen-bond donors (Lipinski definition) is 3. The maximum Gasteiger partial charge on any atom is 0.254 e. The molecule has 2 saturated carbocycles. The van der Waals surface area contributed by atoms with Gasteiger partial charge in [0.1, 0.15) is 28.5 Å². The van der Waals surface area contributed by atoms with Gasteiger partial charge in [-0.15, -0.1) is 0 Å². The molecule has 11 nitrogen and oxygen atoms in total. The standard InChI is InChI=1S/C32H35N9O2/c1-39-29-22(11-20(13-25(29)43-2)32(42)41-16-19-5-8-23(41)28(19)34)37-31(39)24-12-18-6-10-27(36-21-7-9-26(33)35-14-21)38-30(18)40(24)15-17-3-4-17/h6-7,9-14,17,19,23,28H,3-5,8,15-16,34H2,1-2H3,(H2,33,35)(H,36,38)/t19?,23?,28-/m1/s1. The highest BCUT2D eigenvalue weighted by molar-refractivity contribution is 6.00. The van der Waals surface area contributed by atoms with E-state index >= 15 is 0 Å². The van der Waals surface area contributed by atoms with Crippen molar-refractivity contribution in [3.63, 3.8) is 0 Å². The SMILES string of the molecule is COc1cc(C(=O)N2CC3CCC2[C@@H]3N)cc2nc(-c3cc4ccc(Nc5ccc(N)nc5)nc4n3CC3CC3)n(C)c12. The summed E-state index contributed by atoms with van der Waals surface area (Å²) in [6.45, 7) is 1.58. The molecular weight excluding hydrogens is 542 g/mol. The third kappa shape index (κ3) is 4.29. The Balaban J connectivity index is 1.20. The Labute approximate surface area is 248 Å². The lowest BCUT2D eigenvalue weighted by Gasteiger charge is -2.27. The third-order valence-corrected chi connectivity index (χ3v) is 9.48. The first kappa shape index (κ1) is 26.0. The Kier molecular flexibility index (Phi) is 5.87. The number of benzene rings is 1. The number of nitrogens with two attached hydrogens (primary N) is 2. The summed E-state index contributed by atoms with van der Waals surface area (Å²) in [4.78, 5) is 29.9. The zero-order valence-corrected chi connectivity index (χ0v) is 24.3. The molecule has 1 aromatic carbocycles. The van der Waals surface area contributed by atoms with Crippen LogP contribution in [0.2, 0.25) is 0 Å². The largest absolute Gasteiger partial charge is 0.494 e. The molecule has 0 radical (unpaired) electrons. The quantitative estimate of drug-likeness (QED) is 0.260. The predicted molar refractivity (Wildman–Crippen MR) is 166 cm³/mol. The van der Waals surface area contributed by atoms with E-state index in [0.29, 0.717) is 29.0 Å². The molecule has 1 amide bonds. The maximum absolute atomic E-state index is 13.7. The number of nitrogens with zero attached hydrogens (tertiary/aromatic N) is 6. The summed E-state index contributed by atoms with van der Waals surface area (Å²) in [5.74, 6) is 3.63. The smallest absolute Gasteiger partial charge is 0.254 e. The van der Waals surface area contributed by atoms with E-state index in [4.69, 9.17) is 26.2 Å². The molecule has 3 fully saturated rings.